The summed E-state index contributed by atoms with van der Waals surface area (Å²) in [6, 6.07) is 6.29. The van der Waals surface area contributed by atoms with Crippen LogP contribution < -0.4 is 4.90 Å². The third-order valence-electron chi connectivity index (χ3n) is 2.83. The van der Waals surface area contributed by atoms with Crippen LogP contribution in [0.1, 0.15) is 12.0 Å². The van der Waals surface area contributed by atoms with E-state index in [1.54, 1.807) is 12.1 Å². The highest BCUT2D eigenvalue weighted by Crippen LogP contribution is 2.27. The van der Waals surface area contributed by atoms with Crippen molar-refractivity contribution in [2.45, 2.75) is 12.5 Å². The van der Waals surface area contributed by atoms with E-state index in [9.17, 15) is 15.2 Å². The van der Waals surface area contributed by atoms with Crippen molar-refractivity contribution in [2.24, 2.45) is 0 Å². The van der Waals surface area contributed by atoms with Crippen molar-refractivity contribution in [3.8, 4) is 6.07 Å². The maximum atomic E-state index is 10.8. The van der Waals surface area contributed by atoms with Gasteiger partial charge in [-0.05, 0) is 18.6 Å². The number of benzene rings is 1. The predicted octanol–water partition coefficient (Wildman–Crippen LogP) is 1.04. The Morgan fingerprint density at radius 1 is 1.59 bits per heavy atom. The average molecular weight is 233 g/mol. The van der Waals surface area contributed by atoms with Crippen LogP contribution in [0, 0.1) is 21.4 Å². The quantitative estimate of drug-likeness (QED) is 0.608. The van der Waals surface area contributed by atoms with E-state index in [2.05, 4.69) is 0 Å². The molecule has 1 atom stereocenters. The van der Waals surface area contributed by atoms with E-state index in [4.69, 9.17) is 5.26 Å². The van der Waals surface area contributed by atoms with Crippen LogP contribution in [0.5, 0.6) is 0 Å². The van der Waals surface area contributed by atoms with Gasteiger partial charge >= 0.3 is 0 Å². The monoisotopic (exact) mass is 233 g/mol. The summed E-state index contributed by atoms with van der Waals surface area (Å²) in [5, 5.41) is 29.0. The van der Waals surface area contributed by atoms with Gasteiger partial charge in [0.1, 0.15) is 11.6 Å². The largest absolute Gasteiger partial charge is 0.391 e. The third kappa shape index (κ3) is 2.19. The average Bonchev–Trinajstić information content (AvgIpc) is 2.75. The summed E-state index contributed by atoms with van der Waals surface area (Å²) >= 11 is 0. The summed E-state index contributed by atoms with van der Waals surface area (Å²) in [6.45, 7) is 1.15. The second-order valence-electron chi connectivity index (χ2n) is 3.96. The molecule has 6 nitrogen and oxygen atoms in total. The van der Waals surface area contributed by atoms with Gasteiger partial charge in [0.05, 0.1) is 11.0 Å². The molecule has 88 valence electrons. The molecular weight excluding hydrogens is 222 g/mol. The number of nitro groups is 1. The molecule has 0 bridgehead atoms. The van der Waals surface area contributed by atoms with Crippen molar-refractivity contribution < 1.29 is 10.0 Å². The van der Waals surface area contributed by atoms with E-state index >= 15 is 0 Å². The first kappa shape index (κ1) is 11.4. The molecule has 0 spiro atoms. The maximum absolute atomic E-state index is 10.8. The Morgan fingerprint density at radius 3 is 2.88 bits per heavy atom. The molecule has 2 rings (SSSR count). The van der Waals surface area contributed by atoms with Gasteiger partial charge in [0, 0.05) is 24.8 Å². The van der Waals surface area contributed by atoms with Crippen molar-refractivity contribution in [1.82, 2.24) is 0 Å². The van der Waals surface area contributed by atoms with E-state index in [0.717, 1.165) is 0 Å². The molecule has 1 aromatic rings. The van der Waals surface area contributed by atoms with E-state index in [1.165, 1.54) is 12.1 Å². The van der Waals surface area contributed by atoms with Crippen molar-refractivity contribution in [3.05, 3.63) is 33.9 Å². The number of aliphatic hydroxyl groups is 1. The molecule has 6 heteroatoms. The molecule has 0 aromatic heterocycles. The highest BCUT2D eigenvalue weighted by Gasteiger charge is 2.23. The highest BCUT2D eigenvalue weighted by molar-refractivity contribution is 5.60. The smallest absolute Gasteiger partial charge is 0.289 e. The standard InChI is InChI=1S/C11H11N3O3/c12-6-8-1-2-9(5-11(8)14(16)17)13-4-3-10(15)7-13/h1-2,5,10,15H,3-4,7H2/t10-/m1/s1. The Morgan fingerprint density at radius 2 is 2.35 bits per heavy atom. The van der Waals surface area contributed by atoms with Crippen LogP contribution in [-0.2, 0) is 0 Å². The predicted molar refractivity (Wildman–Crippen MR) is 60.6 cm³/mol. The van der Waals surface area contributed by atoms with Gasteiger partial charge in [0.25, 0.3) is 5.69 Å². The molecular formula is C11H11N3O3. The zero-order valence-electron chi connectivity index (χ0n) is 9.04. The van der Waals surface area contributed by atoms with Gasteiger partial charge in [-0.1, -0.05) is 0 Å². The van der Waals surface area contributed by atoms with Crippen molar-refractivity contribution in [2.75, 3.05) is 18.0 Å². The SMILES string of the molecule is N#Cc1ccc(N2CC[C@@H](O)C2)cc1[N+](=O)[O-]. The lowest BCUT2D eigenvalue weighted by Crippen LogP contribution is -2.21. The van der Waals surface area contributed by atoms with Gasteiger partial charge in [0.2, 0.25) is 0 Å². The van der Waals surface area contributed by atoms with Crippen LogP contribution in [0.4, 0.5) is 11.4 Å². The zero-order chi connectivity index (χ0) is 12.4. The van der Waals surface area contributed by atoms with Crippen LogP contribution >= 0.6 is 0 Å². The molecule has 17 heavy (non-hydrogen) atoms. The molecule has 0 aliphatic carbocycles. The molecule has 1 aliphatic heterocycles. The van der Waals surface area contributed by atoms with Crippen LogP contribution in [0.3, 0.4) is 0 Å². The molecule has 0 unspecified atom stereocenters. The molecule has 1 N–H and O–H groups in total. The first-order chi connectivity index (χ1) is 8.11. The Balaban J connectivity index is 2.35. The number of hydrogen-bond acceptors (Lipinski definition) is 5. The number of nitriles is 1. The number of anilines is 1. The lowest BCUT2D eigenvalue weighted by molar-refractivity contribution is -0.385. The molecule has 1 aromatic carbocycles. The number of β-amino-alcohol motifs (C(OH)–C–C–N with tert-alkyl or cyclic N) is 1. The van der Waals surface area contributed by atoms with Gasteiger partial charge in [0.15, 0.2) is 0 Å². The molecule has 1 fully saturated rings. The Bertz CT molecular complexity index is 495. The van der Waals surface area contributed by atoms with Gasteiger partial charge in [-0.2, -0.15) is 5.26 Å². The summed E-state index contributed by atoms with van der Waals surface area (Å²) in [6.07, 6.45) is 0.276. The lowest BCUT2D eigenvalue weighted by atomic mass is 10.1. The van der Waals surface area contributed by atoms with Crippen LogP contribution in [0.15, 0.2) is 18.2 Å². The molecule has 0 saturated carbocycles. The summed E-state index contributed by atoms with van der Waals surface area (Å²) < 4.78 is 0. The topological polar surface area (TPSA) is 90.4 Å². The van der Waals surface area contributed by atoms with Crippen LogP contribution in [-0.4, -0.2) is 29.2 Å². The van der Waals surface area contributed by atoms with E-state index in [1.807, 2.05) is 4.90 Å². The van der Waals surface area contributed by atoms with Crippen LogP contribution in [0.25, 0.3) is 0 Å². The first-order valence-electron chi connectivity index (χ1n) is 5.23. The van der Waals surface area contributed by atoms with E-state index in [-0.39, 0.29) is 17.4 Å². The van der Waals surface area contributed by atoms with Crippen LogP contribution in [0.2, 0.25) is 0 Å². The number of nitrogens with zero attached hydrogens (tertiary/aromatic N) is 3. The van der Waals surface area contributed by atoms with Gasteiger partial charge in [-0.15, -0.1) is 0 Å². The van der Waals surface area contributed by atoms with Gasteiger partial charge < -0.3 is 10.0 Å². The fraction of sp³-hybridized carbons (Fsp3) is 0.364. The molecule has 1 heterocycles. The van der Waals surface area contributed by atoms with Gasteiger partial charge in [-0.3, -0.25) is 10.1 Å². The van der Waals surface area contributed by atoms with E-state index < -0.39 is 4.92 Å². The molecule has 0 radical (unpaired) electrons. The normalized spacial score (nSPS) is 19.1. The number of aliphatic hydroxyl groups excluding tert-OH is 1. The summed E-state index contributed by atoms with van der Waals surface area (Å²) in [7, 11) is 0. The Kier molecular flexibility index (Phi) is 2.93. The molecule has 1 aliphatic rings. The molecule has 0 amide bonds. The zero-order valence-corrected chi connectivity index (χ0v) is 9.04. The fourth-order valence-corrected chi connectivity index (χ4v) is 1.94. The summed E-state index contributed by atoms with van der Waals surface area (Å²) in [5.74, 6) is 0. The minimum absolute atomic E-state index is 0.0542. The summed E-state index contributed by atoms with van der Waals surface area (Å²) in [5.41, 5.74) is 0.539. The van der Waals surface area contributed by atoms with E-state index in [0.29, 0.717) is 25.2 Å². The van der Waals surface area contributed by atoms with Gasteiger partial charge in [-0.25, -0.2) is 0 Å². The number of nitro benzene ring substituents is 1. The third-order valence-corrected chi connectivity index (χ3v) is 2.83. The number of hydrogen-bond donors (Lipinski definition) is 1. The highest BCUT2D eigenvalue weighted by atomic mass is 16.6. The second-order valence-corrected chi connectivity index (χ2v) is 3.96. The maximum Gasteiger partial charge on any atom is 0.289 e. The summed E-state index contributed by atoms with van der Waals surface area (Å²) in [4.78, 5) is 12.1. The fourth-order valence-electron chi connectivity index (χ4n) is 1.94. The van der Waals surface area contributed by atoms with Crippen molar-refractivity contribution in [3.63, 3.8) is 0 Å². The van der Waals surface area contributed by atoms with Crippen molar-refractivity contribution in [1.29, 1.82) is 5.26 Å². The first-order valence-corrected chi connectivity index (χ1v) is 5.23. The number of rotatable bonds is 2. The Labute approximate surface area is 97.8 Å². The lowest BCUT2D eigenvalue weighted by Gasteiger charge is -2.17. The second kappa shape index (κ2) is 4.39. The Hall–Kier alpha value is -2.13. The molecule has 1 saturated heterocycles. The minimum atomic E-state index is -0.561. The van der Waals surface area contributed by atoms with Crippen molar-refractivity contribution >= 4 is 11.4 Å². The minimum Gasteiger partial charge on any atom is -0.391 e.